The molecule has 0 spiro atoms. The molecule has 0 saturated carbocycles. The van der Waals surface area contributed by atoms with Crippen LogP contribution in [0, 0.1) is 0 Å². The summed E-state index contributed by atoms with van der Waals surface area (Å²) in [7, 11) is 0. The molecule has 10 aromatic rings. The Labute approximate surface area is 312 Å². The number of aromatic nitrogens is 6. The van der Waals surface area contributed by atoms with E-state index in [2.05, 4.69) is 143 Å². The molecule has 6 aromatic carbocycles. The van der Waals surface area contributed by atoms with Gasteiger partial charge in [-0.25, -0.2) is 9.97 Å². The molecule has 254 valence electrons. The fourth-order valence-electron chi connectivity index (χ4n) is 7.37. The summed E-state index contributed by atoms with van der Waals surface area (Å²) in [5.74, 6) is 2.04. The van der Waals surface area contributed by atoms with Crippen molar-refractivity contribution in [2.24, 2.45) is 0 Å². The van der Waals surface area contributed by atoms with E-state index in [0.717, 1.165) is 56.0 Å². The van der Waals surface area contributed by atoms with Gasteiger partial charge >= 0.3 is 0 Å². The van der Waals surface area contributed by atoms with Crippen molar-refractivity contribution in [3.05, 3.63) is 194 Å². The number of nitrogens with zero attached hydrogens (tertiary/aromatic N) is 6. The number of para-hydroxylation sites is 2. The van der Waals surface area contributed by atoms with Gasteiger partial charge in [0.1, 0.15) is 17.2 Å². The van der Waals surface area contributed by atoms with Crippen LogP contribution in [0.15, 0.2) is 194 Å². The first-order valence-corrected chi connectivity index (χ1v) is 18.0. The van der Waals surface area contributed by atoms with Gasteiger partial charge in [0.25, 0.3) is 0 Å². The van der Waals surface area contributed by atoms with E-state index in [1.807, 2.05) is 60.7 Å². The van der Waals surface area contributed by atoms with Crippen LogP contribution >= 0.6 is 0 Å². The first-order chi connectivity index (χ1) is 26.8. The summed E-state index contributed by atoms with van der Waals surface area (Å²) < 4.78 is 4.33. The van der Waals surface area contributed by atoms with E-state index < -0.39 is 0 Å². The van der Waals surface area contributed by atoms with Gasteiger partial charge in [-0.3, -0.25) is 9.13 Å². The van der Waals surface area contributed by atoms with E-state index in [-0.39, 0.29) is 0 Å². The van der Waals surface area contributed by atoms with Gasteiger partial charge in [-0.05, 0) is 76.9 Å². The molecule has 0 aliphatic rings. The number of pyridine rings is 2. The highest BCUT2D eigenvalue weighted by Crippen LogP contribution is 2.36. The summed E-state index contributed by atoms with van der Waals surface area (Å²) in [4.78, 5) is 10.5. The van der Waals surface area contributed by atoms with Crippen molar-refractivity contribution in [2.75, 3.05) is 0 Å². The van der Waals surface area contributed by atoms with E-state index in [4.69, 9.17) is 20.2 Å². The van der Waals surface area contributed by atoms with Gasteiger partial charge in [0.2, 0.25) is 0 Å². The van der Waals surface area contributed by atoms with Crippen molar-refractivity contribution in [3.8, 4) is 68.1 Å². The number of hydrogen-bond acceptors (Lipinski definition) is 4. The van der Waals surface area contributed by atoms with Gasteiger partial charge in [-0.2, -0.15) is 0 Å². The molecule has 0 aliphatic heterocycles. The second kappa shape index (κ2) is 13.3. The zero-order valence-corrected chi connectivity index (χ0v) is 29.2. The third kappa shape index (κ3) is 5.54. The van der Waals surface area contributed by atoms with Crippen molar-refractivity contribution in [1.82, 2.24) is 29.3 Å². The zero-order valence-electron chi connectivity index (χ0n) is 29.2. The topological polar surface area (TPSA) is 61.4 Å². The Morgan fingerprint density at radius 1 is 0.315 bits per heavy atom. The van der Waals surface area contributed by atoms with Crippen molar-refractivity contribution < 1.29 is 0 Å². The molecule has 0 bridgehead atoms. The molecule has 4 heterocycles. The molecular formula is C48H32N6. The summed E-state index contributed by atoms with van der Waals surface area (Å²) in [5.41, 5.74) is 10.8. The van der Waals surface area contributed by atoms with Gasteiger partial charge in [-0.15, -0.1) is 10.2 Å². The Bertz CT molecular complexity index is 2820. The Balaban J connectivity index is 1.22. The molecule has 0 amide bonds. The minimum Gasteiger partial charge on any atom is -0.294 e. The fourth-order valence-corrected chi connectivity index (χ4v) is 7.37. The van der Waals surface area contributed by atoms with E-state index in [0.29, 0.717) is 23.0 Å². The average Bonchev–Trinajstić information content (AvgIpc) is 3.85. The second-order valence-electron chi connectivity index (χ2n) is 13.2. The SMILES string of the molecule is c1ccc(-c2cc(-c3ccccc3)cc(-n3c(-c4cccc(-c5ccccc5)n4)nnc3-c3cccc(-n4c5ccccc5c5ccccc54)n3)c2)cc1. The van der Waals surface area contributed by atoms with E-state index in [1.54, 1.807) is 0 Å². The Hall–Kier alpha value is -7.44. The highest BCUT2D eigenvalue weighted by Gasteiger charge is 2.22. The third-order valence-electron chi connectivity index (χ3n) is 9.87. The van der Waals surface area contributed by atoms with Crippen molar-refractivity contribution in [2.45, 2.75) is 0 Å². The average molecular weight is 693 g/mol. The van der Waals surface area contributed by atoms with Crippen molar-refractivity contribution >= 4 is 21.8 Å². The lowest BCUT2D eigenvalue weighted by Crippen LogP contribution is -2.05. The minimum absolute atomic E-state index is 0.615. The largest absolute Gasteiger partial charge is 0.294 e. The van der Waals surface area contributed by atoms with E-state index in [9.17, 15) is 0 Å². The van der Waals surface area contributed by atoms with Gasteiger partial charge in [0.05, 0.1) is 22.4 Å². The highest BCUT2D eigenvalue weighted by atomic mass is 15.3. The van der Waals surface area contributed by atoms with Gasteiger partial charge in [-0.1, -0.05) is 140 Å². The first kappa shape index (κ1) is 31.3. The van der Waals surface area contributed by atoms with Crippen LogP contribution in [0.4, 0.5) is 0 Å². The summed E-state index contributed by atoms with van der Waals surface area (Å²) in [5, 5.41) is 12.1. The van der Waals surface area contributed by atoms with Crippen LogP contribution in [-0.4, -0.2) is 29.3 Å². The Morgan fingerprint density at radius 3 is 1.35 bits per heavy atom. The molecule has 0 fully saturated rings. The zero-order chi connectivity index (χ0) is 35.8. The van der Waals surface area contributed by atoms with Crippen molar-refractivity contribution in [1.29, 1.82) is 0 Å². The molecule has 6 heteroatoms. The van der Waals surface area contributed by atoms with Crippen LogP contribution in [0.2, 0.25) is 0 Å². The molecule has 54 heavy (non-hydrogen) atoms. The monoisotopic (exact) mass is 692 g/mol. The molecule has 0 N–H and O–H groups in total. The quantitative estimate of drug-likeness (QED) is 0.167. The van der Waals surface area contributed by atoms with Gasteiger partial charge < -0.3 is 0 Å². The predicted molar refractivity (Wildman–Crippen MR) is 218 cm³/mol. The highest BCUT2D eigenvalue weighted by molar-refractivity contribution is 6.09. The van der Waals surface area contributed by atoms with Crippen LogP contribution in [0.5, 0.6) is 0 Å². The summed E-state index contributed by atoms with van der Waals surface area (Å²) in [6, 6.07) is 66.9. The third-order valence-corrected chi connectivity index (χ3v) is 9.87. The molecule has 10 rings (SSSR count). The number of rotatable bonds is 7. The van der Waals surface area contributed by atoms with Gasteiger partial charge in [0.15, 0.2) is 11.6 Å². The van der Waals surface area contributed by atoms with Crippen molar-refractivity contribution in [3.63, 3.8) is 0 Å². The van der Waals surface area contributed by atoms with Crippen LogP contribution < -0.4 is 0 Å². The lowest BCUT2D eigenvalue weighted by molar-refractivity contribution is 1.03. The maximum atomic E-state index is 5.32. The smallest absolute Gasteiger partial charge is 0.187 e. The molecule has 0 radical (unpaired) electrons. The first-order valence-electron chi connectivity index (χ1n) is 18.0. The molecule has 0 saturated heterocycles. The maximum Gasteiger partial charge on any atom is 0.187 e. The van der Waals surface area contributed by atoms with Crippen LogP contribution in [-0.2, 0) is 0 Å². The minimum atomic E-state index is 0.615. The number of benzene rings is 6. The van der Waals surface area contributed by atoms with Gasteiger partial charge in [0, 0.05) is 16.3 Å². The summed E-state index contributed by atoms with van der Waals surface area (Å²) >= 11 is 0. The molecule has 0 aliphatic carbocycles. The summed E-state index contributed by atoms with van der Waals surface area (Å²) in [6.07, 6.45) is 0. The molecular weight excluding hydrogens is 661 g/mol. The lowest BCUT2D eigenvalue weighted by Gasteiger charge is -2.16. The number of hydrogen-bond donors (Lipinski definition) is 0. The van der Waals surface area contributed by atoms with Crippen LogP contribution in [0.25, 0.3) is 89.9 Å². The van der Waals surface area contributed by atoms with E-state index >= 15 is 0 Å². The normalized spacial score (nSPS) is 11.3. The molecule has 0 atom stereocenters. The standard InChI is InChI=1S/C48H32N6/c1-4-16-33(17-5-1)36-30-37(34-18-6-2-7-19-34)32-38(31-36)53-47(42-25-14-24-41(49-42)35-20-8-3-9-21-35)51-52-48(53)43-26-15-29-46(50-43)54-44-27-12-10-22-39(44)40-23-11-13-28-45(40)54/h1-32H. The molecule has 6 nitrogen and oxygen atoms in total. The second-order valence-corrected chi connectivity index (χ2v) is 13.2. The Kier molecular flexibility index (Phi) is 7.69. The molecule has 4 aromatic heterocycles. The predicted octanol–water partition coefficient (Wildman–Crippen LogP) is 11.5. The molecule has 0 unspecified atom stereocenters. The van der Waals surface area contributed by atoms with E-state index in [1.165, 1.54) is 10.8 Å². The number of fused-ring (bicyclic) bond motifs is 3. The summed E-state index contributed by atoms with van der Waals surface area (Å²) in [6.45, 7) is 0. The van der Waals surface area contributed by atoms with Crippen LogP contribution in [0.3, 0.4) is 0 Å². The Morgan fingerprint density at radius 2 is 0.778 bits per heavy atom. The maximum absolute atomic E-state index is 5.32. The fraction of sp³-hybridized carbons (Fsp3) is 0. The van der Waals surface area contributed by atoms with Crippen LogP contribution in [0.1, 0.15) is 0 Å². The lowest BCUT2D eigenvalue weighted by atomic mass is 9.98.